The molecule has 2 aliphatic heterocycles. The number of nitrogens with zero attached hydrogens (tertiary/aromatic N) is 4. The molecule has 0 saturated carbocycles. The van der Waals surface area contributed by atoms with E-state index in [0.717, 1.165) is 62.0 Å². The Morgan fingerprint density at radius 2 is 2.04 bits per heavy atom. The molecule has 1 aromatic heterocycles. The molecule has 7 nitrogen and oxygen atoms in total. The van der Waals surface area contributed by atoms with Gasteiger partial charge in [0, 0.05) is 43.6 Å². The van der Waals surface area contributed by atoms with Crippen LogP contribution in [0.15, 0.2) is 34.6 Å². The number of oxime groups is 2. The highest BCUT2D eigenvalue weighted by atomic mass is 16.8. The van der Waals surface area contributed by atoms with Gasteiger partial charge in [-0.2, -0.15) is 0 Å². The Hall–Kier alpha value is -2.54. The second-order valence-electron chi connectivity index (χ2n) is 6.46. The van der Waals surface area contributed by atoms with Gasteiger partial charge in [0.05, 0.1) is 12.1 Å². The van der Waals surface area contributed by atoms with Gasteiger partial charge >= 0.3 is 0 Å². The van der Waals surface area contributed by atoms with E-state index in [2.05, 4.69) is 43.3 Å². The van der Waals surface area contributed by atoms with Gasteiger partial charge in [-0.25, -0.2) is 4.94 Å². The Balaban J connectivity index is 1.40. The molecule has 2 aliphatic rings. The third kappa shape index (κ3) is 2.94. The van der Waals surface area contributed by atoms with E-state index in [9.17, 15) is 0 Å². The van der Waals surface area contributed by atoms with Crippen molar-refractivity contribution < 1.29 is 4.94 Å². The van der Waals surface area contributed by atoms with E-state index in [1.165, 1.54) is 10.9 Å². The lowest BCUT2D eigenvalue weighted by molar-refractivity contribution is 0.132. The summed E-state index contributed by atoms with van der Waals surface area (Å²) in [4.78, 5) is 12.9. The van der Waals surface area contributed by atoms with Crippen LogP contribution in [0.2, 0.25) is 0 Å². The van der Waals surface area contributed by atoms with Crippen LogP contribution >= 0.6 is 0 Å². The first kappa shape index (κ1) is 15.0. The Morgan fingerprint density at radius 3 is 2.83 bits per heavy atom. The summed E-state index contributed by atoms with van der Waals surface area (Å²) < 4.78 is 0. The predicted molar refractivity (Wildman–Crippen MR) is 95.8 cm³/mol. The Kier molecular flexibility index (Phi) is 3.86. The van der Waals surface area contributed by atoms with Crippen LogP contribution in [0.1, 0.15) is 18.9 Å². The molecule has 0 spiro atoms. The molecule has 0 unspecified atom stereocenters. The summed E-state index contributed by atoms with van der Waals surface area (Å²) in [5.74, 6) is 1.71. The number of piperazine rings is 1. The van der Waals surface area contributed by atoms with Gasteiger partial charge in [-0.05, 0) is 29.8 Å². The van der Waals surface area contributed by atoms with E-state index in [0.29, 0.717) is 0 Å². The molecule has 0 radical (unpaired) electrons. The third-order valence-electron chi connectivity index (χ3n) is 4.66. The lowest BCUT2D eigenvalue weighted by atomic mass is 10.1. The number of nitrogen functional groups attached to an aromatic ring is 1. The predicted octanol–water partition coefficient (Wildman–Crippen LogP) is 1.98. The number of aromatic nitrogens is 1. The molecule has 7 heteroatoms. The van der Waals surface area contributed by atoms with Crippen molar-refractivity contribution in [3.63, 3.8) is 0 Å². The number of benzene rings is 1. The zero-order valence-corrected chi connectivity index (χ0v) is 13.8. The number of hydrogen-bond acceptors (Lipinski definition) is 6. The van der Waals surface area contributed by atoms with Crippen molar-refractivity contribution in [2.24, 2.45) is 10.3 Å². The second-order valence-corrected chi connectivity index (χ2v) is 6.46. The number of rotatable bonds is 2. The fraction of sp³-hybridized carbons (Fsp3) is 0.412. The summed E-state index contributed by atoms with van der Waals surface area (Å²) >= 11 is 0. The number of nitrogens with two attached hydrogens (primary N) is 1. The summed E-state index contributed by atoms with van der Waals surface area (Å²) in [6.07, 6.45) is 0.780. The lowest BCUT2D eigenvalue weighted by Crippen LogP contribution is -2.49. The van der Waals surface area contributed by atoms with Gasteiger partial charge in [0.1, 0.15) is 5.82 Å². The minimum Gasteiger partial charge on any atom is -0.385 e. The molecular weight excluding hydrogens is 304 g/mol. The molecule has 0 aliphatic carbocycles. The van der Waals surface area contributed by atoms with Crippen LogP contribution in [0.4, 0.5) is 5.82 Å². The van der Waals surface area contributed by atoms with E-state index in [1.807, 2.05) is 13.0 Å². The summed E-state index contributed by atoms with van der Waals surface area (Å²) in [5.41, 5.74) is 9.28. The SMILES string of the molecule is CC1=NON=C(N2CCN(Cc3cccc4[nH]c(N)cc34)CC2)C1. The summed E-state index contributed by atoms with van der Waals surface area (Å²) in [6.45, 7) is 6.83. The Labute approximate surface area is 140 Å². The van der Waals surface area contributed by atoms with Crippen LogP contribution in [-0.2, 0) is 11.5 Å². The van der Waals surface area contributed by atoms with E-state index < -0.39 is 0 Å². The monoisotopic (exact) mass is 326 g/mol. The van der Waals surface area contributed by atoms with Gasteiger partial charge in [0.2, 0.25) is 0 Å². The Morgan fingerprint density at radius 1 is 1.21 bits per heavy atom. The summed E-state index contributed by atoms with van der Waals surface area (Å²) in [7, 11) is 0. The number of hydrogen-bond donors (Lipinski definition) is 2. The molecule has 2 aromatic rings. The number of H-pyrrole nitrogens is 1. The number of fused-ring (bicyclic) bond motifs is 1. The van der Waals surface area contributed by atoms with Crippen molar-refractivity contribution in [3.8, 4) is 0 Å². The first-order valence-electron chi connectivity index (χ1n) is 8.29. The highest BCUT2D eigenvalue weighted by Gasteiger charge is 2.22. The van der Waals surface area contributed by atoms with Crippen molar-refractivity contribution >= 4 is 28.3 Å². The average Bonchev–Trinajstić information content (AvgIpc) is 2.97. The second kappa shape index (κ2) is 6.16. The van der Waals surface area contributed by atoms with Crippen LogP contribution in [-0.4, -0.2) is 52.5 Å². The first-order valence-corrected chi connectivity index (χ1v) is 8.29. The fourth-order valence-electron chi connectivity index (χ4n) is 3.38. The lowest BCUT2D eigenvalue weighted by Gasteiger charge is -2.36. The molecule has 0 atom stereocenters. The van der Waals surface area contributed by atoms with Crippen molar-refractivity contribution in [1.82, 2.24) is 14.8 Å². The molecule has 1 aromatic carbocycles. The number of nitrogens with one attached hydrogen (secondary N) is 1. The van der Waals surface area contributed by atoms with Crippen molar-refractivity contribution in [1.29, 1.82) is 0 Å². The molecule has 0 amide bonds. The van der Waals surface area contributed by atoms with E-state index >= 15 is 0 Å². The highest BCUT2D eigenvalue weighted by molar-refractivity contribution is 6.02. The van der Waals surface area contributed by atoms with E-state index in [-0.39, 0.29) is 0 Å². The fourth-order valence-corrected chi connectivity index (χ4v) is 3.38. The van der Waals surface area contributed by atoms with Crippen LogP contribution in [0.5, 0.6) is 0 Å². The normalized spacial score (nSPS) is 19.1. The standard InChI is InChI=1S/C17H22N6O/c1-12-9-17(21-24-20-12)23-7-5-22(6-8-23)11-13-3-2-4-15-14(13)10-16(18)19-15/h2-4,10,19H,5-9,11,18H2,1H3. The zero-order valence-electron chi connectivity index (χ0n) is 13.8. The van der Waals surface area contributed by atoms with Crippen molar-refractivity contribution in [2.45, 2.75) is 19.9 Å². The number of aromatic amines is 1. The Bertz CT molecular complexity index is 801. The van der Waals surface area contributed by atoms with Gasteiger partial charge in [-0.1, -0.05) is 17.3 Å². The maximum atomic E-state index is 5.89. The summed E-state index contributed by atoms with van der Waals surface area (Å²) in [6, 6.07) is 8.36. The molecule has 1 saturated heterocycles. The van der Waals surface area contributed by atoms with Gasteiger partial charge in [0.25, 0.3) is 0 Å². The summed E-state index contributed by atoms with van der Waals surface area (Å²) in [5, 5.41) is 9.15. The minimum atomic E-state index is 0.717. The maximum Gasteiger partial charge on any atom is 0.153 e. The van der Waals surface area contributed by atoms with Crippen LogP contribution in [0, 0.1) is 0 Å². The third-order valence-corrected chi connectivity index (χ3v) is 4.66. The quantitative estimate of drug-likeness (QED) is 0.884. The minimum absolute atomic E-state index is 0.717. The van der Waals surface area contributed by atoms with Crippen molar-refractivity contribution in [2.75, 3.05) is 31.9 Å². The molecule has 3 heterocycles. The van der Waals surface area contributed by atoms with Crippen LogP contribution < -0.4 is 5.73 Å². The first-order chi connectivity index (χ1) is 11.7. The number of anilines is 1. The number of amidine groups is 1. The molecule has 4 rings (SSSR count). The van der Waals surface area contributed by atoms with Gasteiger partial charge < -0.3 is 15.6 Å². The topological polar surface area (TPSA) is 82.2 Å². The van der Waals surface area contributed by atoms with Crippen molar-refractivity contribution in [3.05, 3.63) is 29.8 Å². The molecule has 24 heavy (non-hydrogen) atoms. The largest absolute Gasteiger partial charge is 0.385 e. The molecule has 126 valence electrons. The zero-order chi connectivity index (χ0) is 16.5. The molecule has 3 N–H and O–H groups in total. The smallest absolute Gasteiger partial charge is 0.153 e. The van der Waals surface area contributed by atoms with Gasteiger partial charge in [0.15, 0.2) is 5.84 Å². The molecular formula is C17H22N6O. The van der Waals surface area contributed by atoms with Crippen LogP contribution in [0.3, 0.4) is 0 Å². The highest BCUT2D eigenvalue weighted by Crippen LogP contribution is 2.23. The van der Waals surface area contributed by atoms with E-state index in [1.54, 1.807) is 0 Å². The maximum absolute atomic E-state index is 5.89. The molecule has 0 bridgehead atoms. The van der Waals surface area contributed by atoms with Gasteiger partial charge in [-0.3, -0.25) is 4.90 Å². The molecule has 1 fully saturated rings. The average molecular weight is 326 g/mol. The van der Waals surface area contributed by atoms with E-state index in [4.69, 9.17) is 10.7 Å². The van der Waals surface area contributed by atoms with Gasteiger partial charge in [-0.15, -0.1) is 0 Å². The van der Waals surface area contributed by atoms with Crippen LogP contribution in [0.25, 0.3) is 10.9 Å².